The lowest BCUT2D eigenvalue weighted by Crippen LogP contribution is -2.24. The van der Waals surface area contributed by atoms with Gasteiger partial charge in [0, 0.05) is 14.8 Å². The lowest BCUT2D eigenvalue weighted by molar-refractivity contribution is 0.520. The van der Waals surface area contributed by atoms with Gasteiger partial charge in [-0.15, -0.1) is 0 Å². The van der Waals surface area contributed by atoms with Crippen molar-refractivity contribution in [2.24, 2.45) is 5.73 Å². The molecule has 1 fully saturated rings. The minimum absolute atomic E-state index is 0.418. The van der Waals surface area contributed by atoms with E-state index in [4.69, 9.17) is 5.73 Å². The summed E-state index contributed by atoms with van der Waals surface area (Å²) in [6.45, 7) is 0. The Hall–Kier alpha value is 1.17. The Labute approximate surface area is 110 Å². The van der Waals surface area contributed by atoms with Gasteiger partial charge in [0.25, 0.3) is 0 Å². The third kappa shape index (κ3) is 5.91. The monoisotopic (exact) mass is 373 g/mol. The summed E-state index contributed by atoms with van der Waals surface area (Å²) in [6.07, 6.45) is 10.6. The van der Waals surface area contributed by atoms with Crippen molar-refractivity contribution in [3.8, 4) is 0 Å². The van der Waals surface area contributed by atoms with E-state index in [1.807, 2.05) is 0 Å². The van der Waals surface area contributed by atoms with Crippen LogP contribution in [0.3, 0.4) is 0 Å². The molecular formula is C11H21BrIN. The van der Waals surface area contributed by atoms with Gasteiger partial charge in [-0.2, -0.15) is 0 Å². The number of nitrogens with two attached hydrogens (primary N) is 1. The minimum atomic E-state index is 0.418. The van der Waals surface area contributed by atoms with Gasteiger partial charge in [-0.1, -0.05) is 64.2 Å². The molecule has 1 aliphatic rings. The molecule has 3 heteroatoms. The molecule has 0 saturated heterocycles. The normalized spacial score (nSPS) is 37.5. The topological polar surface area (TPSA) is 26.0 Å². The first kappa shape index (κ1) is 13.2. The molecule has 1 rings (SSSR count). The van der Waals surface area contributed by atoms with Crippen LogP contribution in [-0.4, -0.2) is 14.8 Å². The third-order valence-electron chi connectivity index (χ3n) is 2.91. The Morgan fingerprint density at radius 3 is 2.36 bits per heavy atom. The van der Waals surface area contributed by atoms with Crippen molar-refractivity contribution in [2.45, 2.75) is 66.2 Å². The molecule has 1 nitrogen and oxygen atoms in total. The third-order valence-corrected chi connectivity index (χ3v) is 4.79. The molecule has 0 radical (unpaired) electrons. The van der Waals surface area contributed by atoms with Crippen LogP contribution >= 0.6 is 38.5 Å². The van der Waals surface area contributed by atoms with Crippen molar-refractivity contribution in [3.05, 3.63) is 0 Å². The maximum absolute atomic E-state index is 6.08. The molecule has 1 aliphatic carbocycles. The van der Waals surface area contributed by atoms with E-state index >= 15 is 0 Å². The summed E-state index contributed by atoms with van der Waals surface area (Å²) in [6, 6.07) is 0.418. The summed E-state index contributed by atoms with van der Waals surface area (Å²) in [5, 5.41) is 0. The lowest BCUT2D eigenvalue weighted by Gasteiger charge is -2.17. The predicted octanol–water partition coefficient (Wildman–Crippen LogP) is 4.02. The molecule has 0 aromatic carbocycles. The highest BCUT2D eigenvalue weighted by Crippen LogP contribution is 2.25. The summed E-state index contributed by atoms with van der Waals surface area (Å²) in [4.78, 5) is 0.637. The van der Waals surface area contributed by atoms with Gasteiger partial charge in [0.1, 0.15) is 0 Å². The zero-order valence-corrected chi connectivity index (χ0v) is 12.5. The molecule has 0 bridgehead atoms. The summed E-state index contributed by atoms with van der Waals surface area (Å²) in [5.74, 6) is 0. The molecule has 3 unspecified atom stereocenters. The molecular weight excluding hydrogens is 353 g/mol. The number of hydrogen-bond donors (Lipinski definition) is 1. The van der Waals surface area contributed by atoms with Crippen LogP contribution in [-0.2, 0) is 0 Å². The lowest BCUT2D eigenvalue weighted by atomic mass is 10.0. The highest BCUT2D eigenvalue weighted by Gasteiger charge is 2.15. The number of hydrogen-bond acceptors (Lipinski definition) is 1. The van der Waals surface area contributed by atoms with Crippen molar-refractivity contribution in [1.29, 1.82) is 0 Å². The van der Waals surface area contributed by atoms with E-state index in [0.717, 1.165) is 10.3 Å². The van der Waals surface area contributed by atoms with E-state index < -0.39 is 0 Å². The Morgan fingerprint density at radius 2 is 1.64 bits per heavy atom. The molecule has 1 saturated carbocycles. The second kappa shape index (κ2) is 7.44. The first-order chi connectivity index (χ1) is 6.68. The summed E-state index contributed by atoms with van der Waals surface area (Å²) in [7, 11) is 0. The Bertz CT molecular complexity index is 138. The first-order valence-corrected chi connectivity index (χ1v) is 7.88. The molecule has 0 spiro atoms. The Balaban J connectivity index is 2.36. The van der Waals surface area contributed by atoms with Gasteiger partial charge in [-0.05, 0) is 25.7 Å². The fourth-order valence-corrected chi connectivity index (χ4v) is 4.75. The second-order valence-electron chi connectivity index (χ2n) is 4.42. The largest absolute Gasteiger partial charge is 0.328 e. The van der Waals surface area contributed by atoms with Crippen LogP contribution in [0.2, 0.25) is 0 Å². The highest BCUT2D eigenvalue weighted by molar-refractivity contribution is 14.1. The van der Waals surface area contributed by atoms with Gasteiger partial charge < -0.3 is 5.73 Å². The van der Waals surface area contributed by atoms with Gasteiger partial charge in [0.15, 0.2) is 0 Å². The highest BCUT2D eigenvalue weighted by atomic mass is 127. The van der Waals surface area contributed by atoms with Gasteiger partial charge in [-0.3, -0.25) is 0 Å². The fraction of sp³-hybridized carbons (Fsp3) is 1.00. The van der Waals surface area contributed by atoms with Gasteiger partial charge >= 0.3 is 0 Å². The average Bonchev–Trinajstić information content (AvgIpc) is 2.11. The summed E-state index contributed by atoms with van der Waals surface area (Å²) >= 11 is 6.35. The van der Waals surface area contributed by atoms with Gasteiger partial charge in [0.2, 0.25) is 0 Å². The molecule has 3 atom stereocenters. The van der Waals surface area contributed by atoms with Crippen LogP contribution in [0.15, 0.2) is 0 Å². The van der Waals surface area contributed by atoms with Crippen molar-refractivity contribution in [3.63, 3.8) is 0 Å². The van der Waals surface area contributed by atoms with Crippen molar-refractivity contribution in [2.75, 3.05) is 0 Å². The smallest absolute Gasteiger partial charge is 0.0170 e. The van der Waals surface area contributed by atoms with Crippen LogP contribution in [0.25, 0.3) is 0 Å². The Kier molecular flexibility index (Phi) is 7.04. The zero-order chi connectivity index (χ0) is 10.4. The Morgan fingerprint density at radius 1 is 1.00 bits per heavy atom. The van der Waals surface area contributed by atoms with Crippen molar-refractivity contribution >= 4 is 38.5 Å². The van der Waals surface area contributed by atoms with E-state index in [-0.39, 0.29) is 0 Å². The zero-order valence-electron chi connectivity index (χ0n) is 8.72. The van der Waals surface area contributed by atoms with E-state index in [0.29, 0.717) is 10.9 Å². The van der Waals surface area contributed by atoms with E-state index in [2.05, 4.69) is 38.5 Å². The number of alkyl halides is 2. The number of halogens is 2. The van der Waals surface area contributed by atoms with E-state index in [9.17, 15) is 0 Å². The fourth-order valence-electron chi connectivity index (χ4n) is 2.06. The molecule has 0 amide bonds. The van der Waals surface area contributed by atoms with Crippen LogP contribution in [0, 0.1) is 0 Å². The van der Waals surface area contributed by atoms with Crippen LogP contribution in [0.1, 0.15) is 51.4 Å². The van der Waals surface area contributed by atoms with Gasteiger partial charge in [-0.25, -0.2) is 0 Å². The maximum atomic E-state index is 6.08. The average molecular weight is 374 g/mol. The quantitative estimate of drug-likeness (QED) is 0.503. The second-order valence-corrected chi connectivity index (χ2v) is 7.47. The van der Waals surface area contributed by atoms with E-state index in [1.165, 1.54) is 44.9 Å². The minimum Gasteiger partial charge on any atom is -0.328 e. The first-order valence-electron chi connectivity index (χ1n) is 5.72. The predicted molar refractivity (Wildman–Crippen MR) is 75.4 cm³/mol. The molecule has 0 aromatic rings. The molecule has 84 valence electrons. The standard InChI is InChI=1S/C11H21BrIN/c12-9-7-10(13)5-3-1-2-4-6-11(14)8-9/h9-11H,1-8,14H2. The van der Waals surface area contributed by atoms with Crippen LogP contribution in [0.4, 0.5) is 0 Å². The molecule has 0 aliphatic heterocycles. The summed E-state index contributed by atoms with van der Waals surface area (Å²) in [5.41, 5.74) is 6.08. The number of rotatable bonds is 0. The van der Waals surface area contributed by atoms with Crippen LogP contribution < -0.4 is 5.73 Å². The summed E-state index contributed by atoms with van der Waals surface area (Å²) < 4.78 is 0.835. The van der Waals surface area contributed by atoms with Crippen molar-refractivity contribution < 1.29 is 0 Å². The van der Waals surface area contributed by atoms with Crippen LogP contribution in [0.5, 0.6) is 0 Å². The SMILES string of the molecule is NC1CCCCCCC(I)CC(Br)C1. The molecule has 2 N–H and O–H groups in total. The van der Waals surface area contributed by atoms with E-state index in [1.54, 1.807) is 0 Å². The molecule has 14 heavy (non-hydrogen) atoms. The molecule has 0 heterocycles. The maximum Gasteiger partial charge on any atom is 0.0170 e. The van der Waals surface area contributed by atoms with Gasteiger partial charge in [0.05, 0.1) is 0 Å². The molecule has 0 aromatic heterocycles. The van der Waals surface area contributed by atoms with Crippen molar-refractivity contribution in [1.82, 2.24) is 0 Å².